The molecular weight excluding hydrogens is 246 g/mol. The molecule has 1 aliphatic rings. The van der Waals surface area contributed by atoms with Gasteiger partial charge < -0.3 is 0 Å². The minimum Gasteiger partial charge on any atom is -0.299 e. The predicted molar refractivity (Wildman–Crippen MR) is 81.6 cm³/mol. The molecule has 20 heavy (non-hydrogen) atoms. The van der Waals surface area contributed by atoms with Gasteiger partial charge in [-0.2, -0.15) is 0 Å². The van der Waals surface area contributed by atoms with E-state index >= 15 is 0 Å². The smallest absolute Gasteiger partial charge is 0.144 e. The molecule has 1 heterocycles. The van der Waals surface area contributed by atoms with Crippen molar-refractivity contribution in [3.8, 4) is 0 Å². The number of aromatic nitrogens is 1. The Hall–Kier alpha value is -1.70. The Kier molecular flexibility index (Phi) is 3.56. The predicted octanol–water partition coefficient (Wildman–Crippen LogP) is 4.32. The molecule has 0 bridgehead atoms. The lowest BCUT2D eigenvalue weighted by molar-refractivity contribution is -0.128. The lowest BCUT2D eigenvalue weighted by Crippen LogP contribution is -2.29. The van der Waals surface area contributed by atoms with Gasteiger partial charge in [-0.05, 0) is 31.4 Å². The lowest BCUT2D eigenvalue weighted by atomic mass is 9.77. The van der Waals surface area contributed by atoms with Gasteiger partial charge in [0.1, 0.15) is 5.78 Å². The van der Waals surface area contributed by atoms with Crippen molar-refractivity contribution in [2.75, 3.05) is 0 Å². The number of carbonyl (C=O) groups excluding carboxylic acids is 1. The maximum atomic E-state index is 12.7. The molecule has 0 unspecified atom stereocenters. The molecule has 0 amide bonds. The minimum absolute atomic E-state index is 0.0622. The molecule has 0 aliphatic heterocycles. The van der Waals surface area contributed by atoms with Crippen LogP contribution in [-0.4, -0.2) is 10.8 Å². The van der Waals surface area contributed by atoms with Crippen LogP contribution in [-0.2, 0) is 11.2 Å². The number of rotatable bonds is 4. The van der Waals surface area contributed by atoms with Crippen LogP contribution < -0.4 is 0 Å². The standard InChI is InChI=1S/C18H21NO/c1-2-18(11-5-6-12-18)17(20)13-15-10-9-14-7-3-4-8-16(14)19-15/h3-4,7-10H,2,5-6,11-13H2,1H3. The van der Waals surface area contributed by atoms with Crippen molar-refractivity contribution in [3.63, 3.8) is 0 Å². The fourth-order valence-electron chi connectivity index (χ4n) is 3.44. The summed E-state index contributed by atoms with van der Waals surface area (Å²) in [6.45, 7) is 2.15. The van der Waals surface area contributed by atoms with Crippen LogP contribution in [0.5, 0.6) is 0 Å². The zero-order chi connectivity index (χ0) is 14.0. The number of nitrogens with zero attached hydrogens (tertiary/aromatic N) is 1. The second kappa shape index (κ2) is 5.35. The van der Waals surface area contributed by atoms with E-state index in [1.807, 2.05) is 24.3 Å². The molecule has 2 aromatic rings. The molecule has 0 spiro atoms. The van der Waals surface area contributed by atoms with Crippen LogP contribution in [0.3, 0.4) is 0 Å². The molecule has 1 aliphatic carbocycles. The van der Waals surface area contributed by atoms with Gasteiger partial charge in [-0.1, -0.05) is 44.0 Å². The van der Waals surface area contributed by atoms with E-state index in [0.29, 0.717) is 12.2 Å². The van der Waals surface area contributed by atoms with E-state index in [2.05, 4.69) is 24.0 Å². The van der Waals surface area contributed by atoms with Gasteiger partial charge >= 0.3 is 0 Å². The van der Waals surface area contributed by atoms with Crippen LogP contribution in [0.15, 0.2) is 36.4 Å². The van der Waals surface area contributed by atoms with E-state index in [9.17, 15) is 4.79 Å². The quantitative estimate of drug-likeness (QED) is 0.826. The second-order valence-corrected chi connectivity index (χ2v) is 5.94. The molecule has 1 aromatic carbocycles. The Morgan fingerprint density at radius 2 is 1.90 bits per heavy atom. The van der Waals surface area contributed by atoms with Gasteiger partial charge in [-0.15, -0.1) is 0 Å². The zero-order valence-corrected chi connectivity index (χ0v) is 12.1. The second-order valence-electron chi connectivity index (χ2n) is 5.94. The molecule has 1 fully saturated rings. The molecule has 2 heteroatoms. The highest BCUT2D eigenvalue weighted by Gasteiger charge is 2.38. The summed E-state index contributed by atoms with van der Waals surface area (Å²) in [6.07, 6.45) is 5.99. The number of benzene rings is 1. The van der Waals surface area contributed by atoms with Crippen molar-refractivity contribution >= 4 is 16.7 Å². The minimum atomic E-state index is -0.0622. The summed E-state index contributed by atoms with van der Waals surface area (Å²) in [5, 5.41) is 1.13. The summed E-state index contributed by atoms with van der Waals surface area (Å²) in [5.74, 6) is 0.389. The summed E-state index contributed by atoms with van der Waals surface area (Å²) in [4.78, 5) is 17.3. The van der Waals surface area contributed by atoms with Gasteiger partial charge in [0.25, 0.3) is 0 Å². The normalized spacial score (nSPS) is 17.4. The highest BCUT2D eigenvalue weighted by Crippen LogP contribution is 2.42. The average Bonchev–Trinajstić information content (AvgIpc) is 2.97. The Morgan fingerprint density at radius 3 is 2.65 bits per heavy atom. The third-order valence-corrected chi connectivity index (χ3v) is 4.83. The SMILES string of the molecule is CCC1(C(=O)Cc2ccc3ccccc3n2)CCCC1. The van der Waals surface area contributed by atoms with Crippen LogP contribution in [0.1, 0.15) is 44.7 Å². The first-order valence-corrected chi connectivity index (χ1v) is 7.61. The van der Waals surface area contributed by atoms with Crippen LogP contribution >= 0.6 is 0 Å². The van der Waals surface area contributed by atoms with Gasteiger partial charge in [0.05, 0.1) is 5.52 Å². The number of Topliss-reactive ketones (excluding diaryl/α,β-unsaturated/α-hetero) is 1. The first kappa shape index (κ1) is 13.3. The van der Waals surface area contributed by atoms with Crippen LogP contribution in [0.2, 0.25) is 0 Å². The number of hydrogen-bond donors (Lipinski definition) is 0. The zero-order valence-electron chi connectivity index (χ0n) is 12.1. The summed E-state index contributed by atoms with van der Waals surface area (Å²) >= 11 is 0. The van der Waals surface area contributed by atoms with Crippen molar-refractivity contribution in [2.24, 2.45) is 5.41 Å². The first-order valence-electron chi connectivity index (χ1n) is 7.61. The fraction of sp³-hybridized carbons (Fsp3) is 0.444. The van der Waals surface area contributed by atoms with Crippen molar-refractivity contribution in [2.45, 2.75) is 45.4 Å². The Balaban J connectivity index is 1.83. The maximum Gasteiger partial charge on any atom is 0.144 e. The number of pyridine rings is 1. The van der Waals surface area contributed by atoms with Crippen LogP contribution in [0.25, 0.3) is 10.9 Å². The van der Waals surface area contributed by atoms with Gasteiger partial charge in [0, 0.05) is 22.9 Å². The summed E-state index contributed by atoms with van der Waals surface area (Å²) in [6, 6.07) is 12.1. The fourth-order valence-corrected chi connectivity index (χ4v) is 3.44. The maximum absolute atomic E-state index is 12.7. The van der Waals surface area contributed by atoms with Crippen LogP contribution in [0, 0.1) is 5.41 Å². The topological polar surface area (TPSA) is 30.0 Å². The number of fused-ring (bicyclic) bond motifs is 1. The first-order chi connectivity index (χ1) is 9.73. The van der Waals surface area contributed by atoms with Crippen molar-refractivity contribution in [1.82, 2.24) is 4.98 Å². The Bertz CT molecular complexity index is 626. The Morgan fingerprint density at radius 1 is 1.15 bits per heavy atom. The van der Waals surface area contributed by atoms with E-state index in [1.165, 1.54) is 12.8 Å². The molecule has 0 atom stereocenters. The highest BCUT2D eigenvalue weighted by molar-refractivity contribution is 5.87. The number of hydrogen-bond acceptors (Lipinski definition) is 2. The molecule has 0 radical (unpaired) electrons. The molecule has 1 saturated carbocycles. The van der Waals surface area contributed by atoms with E-state index in [-0.39, 0.29) is 5.41 Å². The van der Waals surface area contributed by atoms with Crippen molar-refractivity contribution < 1.29 is 4.79 Å². The largest absolute Gasteiger partial charge is 0.299 e. The summed E-state index contributed by atoms with van der Waals surface area (Å²) in [5.41, 5.74) is 1.83. The van der Waals surface area contributed by atoms with Gasteiger partial charge in [-0.25, -0.2) is 0 Å². The molecule has 2 nitrogen and oxygen atoms in total. The molecule has 0 N–H and O–H groups in total. The molecule has 1 aromatic heterocycles. The lowest BCUT2D eigenvalue weighted by Gasteiger charge is -2.25. The molecule has 3 rings (SSSR count). The number of para-hydroxylation sites is 1. The monoisotopic (exact) mass is 267 g/mol. The third-order valence-electron chi connectivity index (χ3n) is 4.83. The summed E-state index contributed by atoms with van der Waals surface area (Å²) in [7, 11) is 0. The van der Waals surface area contributed by atoms with E-state index in [4.69, 9.17) is 0 Å². The van der Waals surface area contributed by atoms with E-state index in [0.717, 1.165) is 35.9 Å². The van der Waals surface area contributed by atoms with Gasteiger partial charge in [-0.3, -0.25) is 9.78 Å². The van der Waals surface area contributed by atoms with Crippen LogP contribution in [0.4, 0.5) is 0 Å². The van der Waals surface area contributed by atoms with Gasteiger partial charge in [0.15, 0.2) is 0 Å². The number of ketones is 1. The van der Waals surface area contributed by atoms with E-state index in [1.54, 1.807) is 0 Å². The van der Waals surface area contributed by atoms with Crippen molar-refractivity contribution in [1.29, 1.82) is 0 Å². The Labute approximate surface area is 120 Å². The van der Waals surface area contributed by atoms with Gasteiger partial charge in [0.2, 0.25) is 0 Å². The third kappa shape index (κ3) is 2.35. The molecule has 104 valence electrons. The van der Waals surface area contributed by atoms with Crippen molar-refractivity contribution in [3.05, 3.63) is 42.1 Å². The average molecular weight is 267 g/mol. The number of carbonyl (C=O) groups is 1. The van der Waals surface area contributed by atoms with E-state index < -0.39 is 0 Å². The highest BCUT2D eigenvalue weighted by atomic mass is 16.1. The molecule has 0 saturated heterocycles. The summed E-state index contributed by atoms with van der Waals surface area (Å²) < 4.78 is 0. The molecular formula is C18H21NO.